The summed E-state index contributed by atoms with van der Waals surface area (Å²) in [5.41, 5.74) is 2.22. The molecule has 0 unspecified atom stereocenters. The quantitative estimate of drug-likeness (QED) is 0.292. The number of rotatable bonds is 7. The Labute approximate surface area is 204 Å². The van der Waals surface area contributed by atoms with E-state index in [1.54, 1.807) is 60.7 Å². The first-order valence-corrected chi connectivity index (χ1v) is 11.7. The highest BCUT2D eigenvalue weighted by atomic mass is 16.2. The van der Waals surface area contributed by atoms with Crippen molar-refractivity contribution in [3.05, 3.63) is 132 Å². The van der Waals surface area contributed by atoms with Crippen molar-refractivity contribution in [2.45, 2.75) is 18.9 Å². The third-order valence-electron chi connectivity index (χ3n) is 6.67. The lowest BCUT2D eigenvalue weighted by Crippen LogP contribution is -2.45. The smallest absolute Gasteiger partial charge is 0.242 e. The number of benzene rings is 4. The molecule has 0 spiro atoms. The lowest BCUT2D eigenvalue weighted by atomic mass is 9.72. The van der Waals surface area contributed by atoms with Crippen LogP contribution in [0.25, 0.3) is 11.1 Å². The maximum Gasteiger partial charge on any atom is 0.242 e. The Balaban J connectivity index is 1.44. The molecule has 1 heterocycles. The maximum atomic E-state index is 13.7. The molecular weight excluding hydrogens is 434 g/mol. The van der Waals surface area contributed by atoms with Crippen molar-refractivity contribution in [2.75, 3.05) is 0 Å². The summed E-state index contributed by atoms with van der Waals surface area (Å²) in [6.45, 7) is 0. The predicted octanol–water partition coefficient (Wildman–Crippen LogP) is 5.54. The van der Waals surface area contributed by atoms with Crippen LogP contribution in [0.5, 0.6) is 0 Å². The maximum absolute atomic E-state index is 13.7. The van der Waals surface area contributed by atoms with Gasteiger partial charge >= 0.3 is 0 Å². The number of hydrogen-bond acceptors (Lipinski definition) is 3. The lowest BCUT2D eigenvalue weighted by Gasteiger charge is -2.24. The molecule has 0 aromatic heterocycles. The zero-order valence-corrected chi connectivity index (χ0v) is 19.2. The number of hydrogen-bond donors (Lipinski definition) is 1. The zero-order valence-electron chi connectivity index (χ0n) is 19.2. The zero-order chi connectivity index (χ0) is 24.3. The molecule has 0 saturated carbocycles. The number of nitrogens with one attached hydrogen (secondary N) is 1. The second kappa shape index (κ2) is 9.51. The average molecular weight is 460 g/mol. The van der Waals surface area contributed by atoms with Gasteiger partial charge in [0.2, 0.25) is 5.91 Å². The highest BCUT2D eigenvalue weighted by Crippen LogP contribution is 2.38. The standard InChI is InChI=1S/C31H25NO3/c33-28(25-12-6-2-7-13-25)31(29(34)26-14-8-3-9-15-26)21-27(32-30(31)35)20-22-16-18-24(19-17-22)23-10-4-1-5-11-23/h1-19,27H,20-21H2,(H,32,35)/t27-/m0/s1. The molecule has 4 heteroatoms. The predicted molar refractivity (Wildman–Crippen MR) is 136 cm³/mol. The van der Waals surface area contributed by atoms with Crippen molar-refractivity contribution in [1.29, 1.82) is 0 Å². The van der Waals surface area contributed by atoms with E-state index in [0.717, 1.165) is 16.7 Å². The number of carbonyl (C=O) groups excluding carboxylic acids is 3. The van der Waals surface area contributed by atoms with Gasteiger partial charge in [-0.25, -0.2) is 0 Å². The van der Waals surface area contributed by atoms with Crippen LogP contribution in [-0.2, 0) is 11.2 Å². The number of carbonyl (C=O) groups is 3. The molecule has 0 bridgehead atoms. The second-order valence-corrected chi connectivity index (χ2v) is 8.94. The second-order valence-electron chi connectivity index (χ2n) is 8.94. The molecular formula is C31H25NO3. The highest BCUT2D eigenvalue weighted by molar-refractivity contribution is 6.32. The lowest BCUT2D eigenvalue weighted by molar-refractivity contribution is -0.123. The largest absolute Gasteiger partial charge is 0.352 e. The fourth-order valence-electron chi connectivity index (χ4n) is 4.86. The number of Topliss-reactive ketones (excluding diaryl/α,β-unsaturated/α-hetero) is 2. The van der Waals surface area contributed by atoms with E-state index in [9.17, 15) is 14.4 Å². The monoisotopic (exact) mass is 459 g/mol. The molecule has 4 aromatic carbocycles. The van der Waals surface area contributed by atoms with E-state index in [-0.39, 0.29) is 12.5 Å². The summed E-state index contributed by atoms with van der Waals surface area (Å²) in [5, 5.41) is 2.96. The van der Waals surface area contributed by atoms with Crippen LogP contribution in [0.4, 0.5) is 0 Å². The van der Waals surface area contributed by atoms with E-state index in [2.05, 4.69) is 29.6 Å². The fourth-order valence-corrected chi connectivity index (χ4v) is 4.86. The van der Waals surface area contributed by atoms with Crippen LogP contribution >= 0.6 is 0 Å². The van der Waals surface area contributed by atoms with Crippen molar-refractivity contribution in [2.24, 2.45) is 5.41 Å². The van der Waals surface area contributed by atoms with Gasteiger partial charge in [0.15, 0.2) is 17.0 Å². The Kier molecular flexibility index (Phi) is 6.11. The van der Waals surface area contributed by atoms with Crippen LogP contribution in [0.15, 0.2) is 115 Å². The Morgan fingerprint density at radius 2 is 1.11 bits per heavy atom. The van der Waals surface area contributed by atoms with Crippen molar-refractivity contribution in [3.63, 3.8) is 0 Å². The van der Waals surface area contributed by atoms with Crippen LogP contribution in [0.2, 0.25) is 0 Å². The summed E-state index contributed by atoms with van der Waals surface area (Å²) in [7, 11) is 0. The van der Waals surface area contributed by atoms with Crippen molar-refractivity contribution in [3.8, 4) is 11.1 Å². The molecule has 1 aliphatic rings. The molecule has 35 heavy (non-hydrogen) atoms. The van der Waals surface area contributed by atoms with Gasteiger partial charge in [0.25, 0.3) is 0 Å². The van der Waals surface area contributed by atoms with E-state index in [1.165, 1.54) is 0 Å². The summed E-state index contributed by atoms with van der Waals surface area (Å²) >= 11 is 0. The van der Waals surface area contributed by atoms with Crippen LogP contribution in [-0.4, -0.2) is 23.5 Å². The molecule has 1 atom stereocenters. The van der Waals surface area contributed by atoms with Gasteiger partial charge in [-0.15, -0.1) is 0 Å². The first-order chi connectivity index (χ1) is 17.1. The van der Waals surface area contributed by atoms with Gasteiger partial charge in [0, 0.05) is 17.2 Å². The van der Waals surface area contributed by atoms with E-state index < -0.39 is 22.9 Å². The van der Waals surface area contributed by atoms with Gasteiger partial charge in [-0.3, -0.25) is 14.4 Å². The SMILES string of the molecule is O=C1N[C@@H](Cc2ccc(-c3ccccc3)cc2)CC1(C(=O)c1ccccc1)C(=O)c1ccccc1. The summed E-state index contributed by atoms with van der Waals surface area (Å²) in [6.07, 6.45) is 0.653. The molecule has 5 rings (SSSR count). The van der Waals surface area contributed by atoms with Gasteiger partial charge in [-0.2, -0.15) is 0 Å². The van der Waals surface area contributed by atoms with Gasteiger partial charge in [0.05, 0.1) is 0 Å². The molecule has 1 saturated heterocycles. The Hall–Kier alpha value is -4.31. The third kappa shape index (κ3) is 4.31. The molecule has 1 aliphatic heterocycles. The highest BCUT2D eigenvalue weighted by Gasteiger charge is 2.58. The van der Waals surface area contributed by atoms with Crippen molar-refractivity contribution < 1.29 is 14.4 Å². The van der Waals surface area contributed by atoms with Crippen LogP contribution in [0.3, 0.4) is 0 Å². The van der Waals surface area contributed by atoms with Crippen molar-refractivity contribution in [1.82, 2.24) is 5.32 Å². The molecule has 4 aromatic rings. The van der Waals surface area contributed by atoms with E-state index in [0.29, 0.717) is 17.5 Å². The Morgan fingerprint density at radius 3 is 1.63 bits per heavy atom. The van der Waals surface area contributed by atoms with Gasteiger partial charge in [0.1, 0.15) is 0 Å². The van der Waals surface area contributed by atoms with Crippen LogP contribution in [0, 0.1) is 5.41 Å². The summed E-state index contributed by atoms with van der Waals surface area (Å²) in [4.78, 5) is 40.8. The van der Waals surface area contributed by atoms with Crippen LogP contribution in [0.1, 0.15) is 32.7 Å². The first-order valence-electron chi connectivity index (χ1n) is 11.7. The first kappa shape index (κ1) is 22.5. The minimum Gasteiger partial charge on any atom is -0.352 e. The third-order valence-corrected chi connectivity index (χ3v) is 6.67. The van der Waals surface area contributed by atoms with Gasteiger partial charge in [-0.05, 0) is 29.5 Å². The van der Waals surface area contributed by atoms with Gasteiger partial charge in [-0.1, -0.05) is 115 Å². The summed E-state index contributed by atoms with van der Waals surface area (Å²) in [6, 6.07) is 35.2. The Bertz CT molecular complexity index is 1300. The minimum atomic E-state index is -1.78. The Morgan fingerprint density at radius 1 is 0.657 bits per heavy atom. The summed E-state index contributed by atoms with van der Waals surface area (Å²) < 4.78 is 0. The molecule has 1 fully saturated rings. The molecule has 0 aliphatic carbocycles. The van der Waals surface area contributed by atoms with E-state index >= 15 is 0 Å². The van der Waals surface area contributed by atoms with Crippen molar-refractivity contribution >= 4 is 17.5 Å². The minimum absolute atomic E-state index is 0.119. The number of ketones is 2. The normalized spacial score (nSPS) is 16.5. The molecule has 0 radical (unpaired) electrons. The fraction of sp³-hybridized carbons (Fsp3) is 0.129. The topological polar surface area (TPSA) is 63.2 Å². The van der Waals surface area contributed by atoms with Crippen LogP contribution < -0.4 is 5.32 Å². The van der Waals surface area contributed by atoms with E-state index in [4.69, 9.17) is 0 Å². The molecule has 4 nitrogen and oxygen atoms in total. The van der Waals surface area contributed by atoms with E-state index in [1.807, 2.05) is 30.3 Å². The molecule has 1 amide bonds. The summed E-state index contributed by atoms with van der Waals surface area (Å²) in [5.74, 6) is -1.43. The molecule has 172 valence electrons. The molecule has 1 N–H and O–H groups in total. The average Bonchev–Trinajstić information content (AvgIpc) is 3.25. The van der Waals surface area contributed by atoms with Gasteiger partial charge < -0.3 is 5.32 Å². The number of amides is 1.